The van der Waals surface area contributed by atoms with Crippen LogP contribution in [0.5, 0.6) is 11.5 Å². The molecule has 41 heavy (non-hydrogen) atoms. The molecule has 8 nitrogen and oxygen atoms in total. The number of anilines is 1. The summed E-state index contributed by atoms with van der Waals surface area (Å²) in [5, 5.41) is 5.92. The quantitative estimate of drug-likeness (QED) is 0.0918. The van der Waals surface area contributed by atoms with Gasteiger partial charge in [0.05, 0.1) is 11.2 Å². The number of nitrogen functional groups attached to an aromatic ring is 1. The highest BCUT2D eigenvalue weighted by Gasteiger charge is 2.15. The highest BCUT2D eigenvalue weighted by Crippen LogP contribution is 2.30. The van der Waals surface area contributed by atoms with Gasteiger partial charge in [-0.25, -0.2) is 9.67 Å². The number of benzene rings is 2. The summed E-state index contributed by atoms with van der Waals surface area (Å²) >= 11 is 0. The molecule has 0 spiro atoms. The Bertz CT molecular complexity index is 1480. The van der Waals surface area contributed by atoms with Crippen LogP contribution < -0.4 is 10.5 Å². The average Bonchev–Trinajstić information content (AvgIpc) is 3.48. The number of imidazole rings is 1. The van der Waals surface area contributed by atoms with Crippen LogP contribution in [0.3, 0.4) is 0 Å². The van der Waals surface area contributed by atoms with Gasteiger partial charge in [-0.15, -0.1) is 0 Å². The summed E-state index contributed by atoms with van der Waals surface area (Å²) in [6, 6.07) is 14.0. The second kappa shape index (κ2) is 13.2. The van der Waals surface area contributed by atoms with E-state index >= 15 is 0 Å². The van der Waals surface area contributed by atoms with E-state index in [0.717, 1.165) is 53.3 Å². The molecule has 0 amide bonds. The maximum absolute atomic E-state index is 6.16. The van der Waals surface area contributed by atoms with Gasteiger partial charge in [0.25, 0.3) is 0 Å². The van der Waals surface area contributed by atoms with Crippen LogP contribution in [0.4, 0.5) is 5.69 Å². The summed E-state index contributed by atoms with van der Waals surface area (Å²) in [6.45, 7) is 18.4. The van der Waals surface area contributed by atoms with E-state index in [4.69, 9.17) is 25.0 Å². The maximum atomic E-state index is 6.16. The summed E-state index contributed by atoms with van der Waals surface area (Å²) in [7, 11) is -2.32. The Kier molecular flexibility index (Phi) is 9.90. The van der Waals surface area contributed by atoms with Crippen molar-refractivity contribution in [2.45, 2.75) is 71.8 Å². The standard InChI is InChI=1S/C31H45N5O3Si2/c1-24-8-9-25(20-28(24)32)39-26-10-11-27-29(34-36(30(27)21-26)23-38-17-19-41(5,6)7)12-13-31-33-14-15-35(31)22-37-16-18-40(2,3)4/h8-15,20-21H,16-19,22-23,32H2,1-7H3. The number of nitrogens with two attached hydrogens (primary N) is 1. The third kappa shape index (κ3) is 9.15. The molecular formula is C31H45N5O3Si2. The highest BCUT2D eigenvalue weighted by atomic mass is 28.3. The Morgan fingerprint density at radius 3 is 2.20 bits per heavy atom. The molecule has 0 unspecified atom stereocenters. The first-order valence-electron chi connectivity index (χ1n) is 14.3. The van der Waals surface area contributed by atoms with Crippen LogP contribution in [0.1, 0.15) is 17.1 Å². The normalized spacial score (nSPS) is 12.6. The first kappa shape index (κ1) is 30.8. The summed E-state index contributed by atoms with van der Waals surface area (Å²) in [5.41, 5.74) is 9.61. The van der Waals surface area contributed by atoms with Crippen LogP contribution in [0, 0.1) is 6.92 Å². The van der Waals surface area contributed by atoms with Crippen LogP contribution in [0.15, 0.2) is 48.8 Å². The minimum Gasteiger partial charge on any atom is -0.457 e. The van der Waals surface area contributed by atoms with E-state index in [1.54, 1.807) is 6.20 Å². The number of aromatic nitrogens is 4. The number of nitrogens with zero attached hydrogens (tertiary/aromatic N) is 4. The third-order valence-corrected chi connectivity index (χ3v) is 10.2. The third-order valence-electron chi connectivity index (χ3n) is 6.81. The van der Waals surface area contributed by atoms with Crippen molar-refractivity contribution in [2.75, 3.05) is 18.9 Å². The van der Waals surface area contributed by atoms with E-state index in [1.807, 2.05) is 70.9 Å². The van der Waals surface area contributed by atoms with Crippen LogP contribution in [-0.4, -0.2) is 48.7 Å². The maximum Gasteiger partial charge on any atom is 0.140 e. The minimum absolute atomic E-state index is 0.370. The molecule has 4 rings (SSSR count). The lowest BCUT2D eigenvalue weighted by Gasteiger charge is -2.15. The zero-order chi connectivity index (χ0) is 29.6. The molecule has 2 N–H and O–H groups in total. The van der Waals surface area contributed by atoms with Gasteiger partial charge < -0.3 is 24.5 Å². The van der Waals surface area contributed by atoms with Crippen molar-refractivity contribution in [3.8, 4) is 11.5 Å². The number of fused-ring (bicyclic) bond motifs is 1. The van der Waals surface area contributed by atoms with E-state index in [9.17, 15) is 0 Å². The summed E-state index contributed by atoms with van der Waals surface area (Å²) in [6.07, 6.45) is 7.73. The largest absolute Gasteiger partial charge is 0.457 e. The Balaban J connectivity index is 1.55. The predicted molar refractivity (Wildman–Crippen MR) is 175 cm³/mol. The molecule has 4 aromatic rings. The molecule has 2 aromatic heterocycles. The molecule has 0 bridgehead atoms. The Morgan fingerprint density at radius 2 is 1.51 bits per heavy atom. The van der Waals surface area contributed by atoms with Crippen LogP contribution >= 0.6 is 0 Å². The molecule has 0 aliphatic carbocycles. The van der Waals surface area contributed by atoms with Crippen LogP contribution in [0.25, 0.3) is 23.1 Å². The molecule has 0 radical (unpaired) electrons. The van der Waals surface area contributed by atoms with Gasteiger partial charge in [-0.05, 0) is 54.9 Å². The van der Waals surface area contributed by atoms with E-state index in [-0.39, 0.29) is 0 Å². The zero-order valence-corrected chi connectivity index (χ0v) is 27.6. The number of hydrogen-bond donors (Lipinski definition) is 1. The van der Waals surface area contributed by atoms with Crippen molar-refractivity contribution in [2.24, 2.45) is 0 Å². The molecule has 10 heteroatoms. The molecule has 0 saturated carbocycles. The molecule has 0 aliphatic rings. The Morgan fingerprint density at radius 1 is 0.854 bits per heavy atom. The van der Waals surface area contributed by atoms with Crippen molar-refractivity contribution in [3.63, 3.8) is 0 Å². The van der Waals surface area contributed by atoms with Crippen molar-refractivity contribution >= 4 is 44.9 Å². The molecule has 0 aliphatic heterocycles. The van der Waals surface area contributed by atoms with E-state index < -0.39 is 16.1 Å². The van der Waals surface area contributed by atoms with Gasteiger partial charge in [-0.1, -0.05) is 45.3 Å². The van der Waals surface area contributed by atoms with Crippen LogP contribution in [-0.2, 0) is 22.9 Å². The van der Waals surface area contributed by atoms with E-state index in [2.05, 4.69) is 44.3 Å². The smallest absolute Gasteiger partial charge is 0.140 e. The van der Waals surface area contributed by atoms with Crippen molar-refractivity contribution in [3.05, 3.63) is 65.9 Å². The molecule has 0 saturated heterocycles. The van der Waals surface area contributed by atoms with E-state index in [1.165, 1.54) is 0 Å². The van der Waals surface area contributed by atoms with Gasteiger partial charge in [0.15, 0.2) is 0 Å². The van der Waals surface area contributed by atoms with Crippen molar-refractivity contribution in [1.29, 1.82) is 0 Å². The zero-order valence-electron chi connectivity index (χ0n) is 25.6. The minimum atomic E-state index is -1.19. The number of aryl methyl sites for hydroxylation is 1. The molecule has 0 fully saturated rings. The van der Waals surface area contributed by atoms with Gasteiger partial charge in [0.1, 0.15) is 30.8 Å². The number of ether oxygens (including phenoxy) is 3. The number of rotatable bonds is 14. The highest BCUT2D eigenvalue weighted by molar-refractivity contribution is 6.76. The fourth-order valence-corrected chi connectivity index (χ4v) is 5.61. The monoisotopic (exact) mass is 591 g/mol. The van der Waals surface area contributed by atoms with Crippen molar-refractivity contribution in [1.82, 2.24) is 19.3 Å². The van der Waals surface area contributed by atoms with E-state index in [0.29, 0.717) is 30.6 Å². The topological polar surface area (TPSA) is 89.3 Å². The molecule has 220 valence electrons. The second-order valence-electron chi connectivity index (χ2n) is 13.0. The first-order valence-corrected chi connectivity index (χ1v) is 21.7. The fraction of sp³-hybridized carbons (Fsp3) is 0.419. The van der Waals surface area contributed by atoms with Gasteiger partial charge in [0.2, 0.25) is 0 Å². The fourth-order valence-electron chi connectivity index (χ4n) is 4.10. The lowest BCUT2D eigenvalue weighted by molar-refractivity contribution is 0.0816. The molecule has 0 atom stereocenters. The molecule has 2 aromatic carbocycles. The summed E-state index contributed by atoms with van der Waals surface area (Å²) in [5.74, 6) is 2.23. The lowest BCUT2D eigenvalue weighted by atomic mass is 10.2. The SMILES string of the molecule is Cc1ccc(Oc2ccc3c(C=Cc4nccn4COCC[Si](C)(C)C)nn(COCC[Si](C)(C)C)c3c2)cc1N. The first-order chi connectivity index (χ1) is 19.4. The molecular weight excluding hydrogens is 547 g/mol. The molecule has 2 heterocycles. The number of hydrogen-bond acceptors (Lipinski definition) is 6. The van der Waals surface area contributed by atoms with Gasteiger partial charge in [0, 0.05) is 65.0 Å². The van der Waals surface area contributed by atoms with Gasteiger partial charge >= 0.3 is 0 Å². The lowest BCUT2D eigenvalue weighted by Crippen LogP contribution is -2.22. The van der Waals surface area contributed by atoms with Gasteiger partial charge in [-0.3, -0.25) is 0 Å². The van der Waals surface area contributed by atoms with Crippen LogP contribution in [0.2, 0.25) is 51.4 Å². The van der Waals surface area contributed by atoms with Crippen molar-refractivity contribution < 1.29 is 14.2 Å². The average molecular weight is 592 g/mol. The Labute approximate surface area is 246 Å². The van der Waals surface area contributed by atoms with Gasteiger partial charge in [-0.2, -0.15) is 5.10 Å². The predicted octanol–water partition coefficient (Wildman–Crippen LogP) is 7.71. The Hall–Kier alpha value is -3.19. The summed E-state index contributed by atoms with van der Waals surface area (Å²) < 4.78 is 22.1. The summed E-state index contributed by atoms with van der Waals surface area (Å²) in [4.78, 5) is 4.52. The second-order valence-corrected chi connectivity index (χ2v) is 24.2.